The molecule has 2 nitrogen and oxygen atoms in total. The predicted octanol–water partition coefficient (Wildman–Crippen LogP) is 2.39. The molecular formula is C9H9BrN2. The van der Waals surface area contributed by atoms with E-state index in [4.69, 9.17) is 5.26 Å². The molecule has 0 N–H and O–H groups in total. The molecule has 0 amide bonds. The van der Waals surface area contributed by atoms with Gasteiger partial charge in [-0.05, 0) is 34.1 Å². The second-order valence-corrected chi connectivity index (χ2v) is 3.53. The Bertz CT molecular complexity index is 326. The molecule has 0 aliphatic rings. The van der Waals surface area contributed by atoms with Gasteiger partial charge in [0.25, 0.3) is 0 Å². The molecule has 12 heavy (non-hydrogen) atoms. The van der Waals surface area contributed by atoms with Crippen LogP contribution in [0.15, 0.2) is 22.7 Å². The monoisotopic (exact) mass is 224 g/mol. The second-order valence-electron chi connectivity index (χ2n) is 2.67. The van der Waals surface area contributed by atoms with Gasteiger partial charge >= 0.3 is 0 Å². The fourth-order valence-electron chi connectivity index (χ4n) is 0.939. The van der Waals surface area contributed by atoms with Crippen molar-refractivity contribution in [1.29, 1.82) is 5.26 Å². The molecule has 0 aromatic heterocycles. The van der Waals surface area contributed by atoms with E-state index >= 15 is 0 Å². The quantitative estimate of drug-likeness (QED) is 0.733. The van der Waals surface area contributed by atoms with Crippen molar-refractivity contribution >= 4 is 21.6 Å². The number of benzene rings is 1. The van der Waals surface area contributed by atoms with Crippen LogP contribution < -0.4 is 4.90 Å². The SMILES string of the molecule is CN(C)c1ccc(C#N)cc1Br. The minimum Gasteiger partial charge on any atom is -0.377 e. The Morgan fingerprint density at radius 1 is 1.42 bits per heavy atom. The fourth-order valence-corrected chi connectivity index (χ4v) is 1.67. The number of hydrogen-bond acceptors (Lipinski definition) is 2. The van der Waals surface area contributed by atoms with Crippen LogP contribution in [0.4, 0.5) is 5.69 Å². The molecule has 0 aliphatic heterocycles. The molecule has 0 aliphatic carbocycles. The lowest BCUT2D eigenvalue weighted by Gasteiger charge is -2.13. The van der Waals surface area contributed by atoms with Crippen LogP contribution >= 0.6 is 15.9 Å². The second kappa shape index (κ2) is 3.59. The Hall–Kier alpha value is -1.01. The average Bonchev–Trinajstić information content (AvgIpc) is 2.03. The summed E-state index contributed by atoms with van der Waals surface area (Å²) in [6.45, 7) is 0. The summed E-state index contributed by atoms with van der Waals surface area (Å²) in [5, 5.41) is 8.61. The highest BCUT2D eigenvalue weighted by Crippen LogP contribution is 2.25. The van der Waals surface area contributed by atoms with E-state index in [1.165, 1.54) is 0 Å². The van der Waals surface area contributed by atoms with Crippen molar-refractivity contribution < 1.29 is 0 Å². The lowest BCUT2D eigenvalue weighted by molar-refractivity contribution is 1.12. The third-order valence-electron chi connectivity index (χ3n) is 1.56. The van der Waals surface area contributed by atoms with Gasteiger partial charge in [0.1, 0.15) is 0 Å². The summed E-state index contributed by atoms with van der Waals surface area (Å²) in [4.78, 5) is 1.99. The van der Waals surface area contributed by atoms with Crippen LogP contribution in [-0.2, 0) is 0 Å². The smallest absolute Gasteiger partial charge is 0.0992 e. The molecule has 0 radical (unpaired) electrons. The van der Waals surface area contributed by atoms with Gasteiger partial charge in [0, 0.05) is 18.6 Å². The Balaban J connectivity index is 3.14. The largest absolute Gasteiger partial charge is 0.377 e. The number of nitrogens with zero attached hydrogens (tertiary/aromatic N) is 2. The molecule has 0 saturated heterocycles. The van der Waals surface area contributed by atoms with Crippen molar-refractivity contribution in [2.24, 2.45) is 0 Å². The summed E-state index contributed by atoms with van der Waals surface area (Å²) in [6.07, 6.45) is 0. The van der Waals surface area contributed by atoms with Gasteiger partial charge in [-0.25, -0.2) is 0 Å². The maximum atomic E-state index is 8.61. The first-order chi connectivity index (χ1) is 5.65. The van der Waals surface area contributed by atoms with Gasteiger partial charge in [-0.3, -0.25) is 0 Å². The zero-order valence-electron chi connectivity index (χ0n) is 7.00. The first-order valence-corrected chi connectivity index (χ1v) is 4.31. The van der Waals surface area contributed by atoms with Gasteiger partial charge in [0.2, 0.25) is 0 Å². The van der Waals surface area contributed by atoms with E-state index in [1.54, 1.807) is 6.07 Å². The average molecular weight is 225 g/mol. The number of anilines is 1. The highest BCUT2D eigenvalue weighted by molar-refractivity contribution is 9.10. The molecule has 1 aromatic rings. The summed E-state index contributed by atoms with van der Waals surface area (Å²) in [7, 11) is 3.93. The Kier molecular flexibility index (Phi) is 2.72. The van der Waals surface area contributed by atoms with Crippen LogP contribution in [0.3, 0.4) is 0 Å². The minimum atomic E-state index is 0.674. The van der Waals surface area contributed by atoms with Crippen molar-refractivity contribution in [3.05, 3.63) is 28.2 Å². The Labute approximate surface area is 80.5 Å². The van der Waals surface area contributed by atoms with Crippen LogP contribution in [0, 0.1) is 11.3 Å². The van der Waals surface area contributed by atoms with Crippen molar-refractivity contribution in [3.63, 3.8) is 0 Å². The summed E-state index contributed by atoms with van der Waals surface area (Å²) >= 11 is 3.40. The lowest BCUT2D eigenvalue weighted by Crippen LogP contribution is -2.09. The Morgan fingerprint density at radius 3 is 2.50 bits per heavy atom. The topological polar surface area (TPSA) is 27.0 Å². The molecule has 0 fully saturated rings. The normalized spacial score (nSPS) is 9.17. The highest BCUT2D eigenvalue weighted by Gasteiger charge is 2.01. The first kappa shape index (κ1) is 9.08. The van der Waals surface area contributed by atoms with Gasteiger partial charge in [-0.1, -0.05) is 0 Å². The zero-order chi connectivity index (χ0) is 9.14. The summed E-state index contributed by atoms with van der Waals surface area (Å²) in [5.74, 6) is 0. The molecule has 0 saturated carbocycles. The third kappa shape index (κ3) is 1.77. The van der Waals surface area contributed by atoms with E-state index in [1.807, 2.05) is 31.1 Å². The van der Waals surface area contributed by atoms with Gasteiger partial charge in [0.15, 0.2) is 0 Å². The molecular weight excluding hydrogens is 216 g/mol. The van der Waals surface area contributed by atoms with E-state index in [9.17, 15) is 0 Å². The van der Waals surface area contributed by atoms with Crippen LogP contribution in [-0.4, -0.2) is 14.1 Å². The Morgan fingerprint density at radius 2 is 2.08 bits per heavy atom. The standard InChI is InChI=1S/C9H9BrN2/c1-12(2)9-4-3-7(6-11)5-8(9)10/h3-5H,1-2H3. The van der Waals surface area contributed by atoms with Gasteiger partial charge < -0.3 is 4.90 Å². The van der Waals surface area contributed by atoms with Crippen molar-refractivity contribution in [2.75, 3.05) is 19.0 Å². The third-order valence-corrected chi connectivity index (χ3v) is 2.19. The summed E-state index contributed by atoms with van der Waals surface area (Å²) in [6, 6.07) is 7.63. The number of rotatable bonds is 1. The molecule has 0 spiro atoms. The molecule has 0 unspecified atom stereocenters. The van der Waals surface area contributed by atoms with Gasteiger partial charge in [0.05, 0.1) is 17.3 Å². The molecule has 3 heteroatoms. The van der Waals surface area contributed by atoms with Crippen molar-refractivity contribution in [3.8, 4) is 6.07 Å². The van der Waals surface area contributed by atoms with E-state index < -0.39 is 0 Å². The van der Waals surface area contributed by atoms with E-state index in [2.05, 4.69) is 22.0 Å². The first-order valence-electron chi connectivity index (χ1n) is 3.52. The van der Waals surface area contributed by atoms with Crippen LogP contribution in [0.5, 0.6) is 0 Å². The maximum Gasteiger partial charge on any atom is 0.0992 e. The fraction of sp³-hybridized carbons (Fsp3) is 0.222. The van der Waals surface area contributed by atoms with Crippen molar-refractivity contribution in [1.82, 2.24) is 0 Å². The number of nitriles is 1. The van der Waals surface area contributed by atoms with Crippen LogP contribution in [0.1, 0.15) is 5.56 Å². The molecule has 62 valence electrons. The number of hydrogen-bond donors (Lipinski definition) is 0. The molecule has 1 rings (SSSR count). The number of halogens is 1. The molecule has 1 aromatic carbocycles. The van der Waals surface area contributed by atoms with E-state index in [0.717, 1.165) is 10.2 Å². The zero-order valence-corrected chi connectivity index (χ0v) is 8.59. The maximum absolute atomic E-state index is 8.61. The van der Waals surface area contributed by atoms with Crippen LogP contribution in [0.2, 0.25) is 0 Å². The molecule has 0 bridgehead atoms. The van der Waals surface area contributed by atoms with E-state index in [-0.39, 0.29) is 0 Å². The van der Waals surface area contributed by atoms with Crippen LogP contribution in [0.25, 0.3) is 0 Å². The van der Waals surface area contributed by atoms with Gasteiger partial charge in [-0.2, -0.15) is 5.26 Å². The summed E-state index contributed by atoms with van der Waals surface area (Å²) in [5.41, 5.74) is 1.75. The highest BCUT2D eigenvalue weighted by atomic mass is 79.9. The lowest BCUT2D eigenvalue weighted by atomic mass is 10.2. The predicted molar refractivity (Wildman–Crippen MR) is 53.2 cm³/mol. The minimum absolute atomic E-state index is 0.674. The summed E-state index contributed by atoms with van der Waals surface area (Å²) < 4.78 is 0.951. The van der Waals surface area contributed by atoms with Crippen molar-refractivity contribution in [2.45, 2.75) is 0 Å². The molecule has 0 atom stereocenters. The molecule has 0 heterocycles. The van der Waals surface area contributed by atoms with E-state index in [0.29, 0.717) is 5.56 Å². The van der Waals surface area contributed by atoms with Gasteiger partial charge in [-0.15, -0.1) is 0 Å².